The number of hydrogen-bond acceptors (Lipinski definition) is 3. The van der Waals surface area contributed by atoms with E-state index in [1.165, 1.54) is 5.69 Å². The largest absolute Gasteiger partial charge is 0.358 e. The van der Waals surface area contributed by atoms with Crippen molar-refractivity contribution in [2.75, 3.05) is 19.6 Å². The number of para-hydroxylation sites is 1. The summed E-state index contributed by atoms with van der Waals surface area (Å²) in [5, 5.41) is 1.14. The van der Waals surface area contributed by atoms with Crippen LogP contribution in [0, 0.1) is 11.8 Å². The van der Waals surface area contributed by atoms with Gasteiger partial charge in [-0.2, -0.15) is 4.31 Å². The van der Waals surface area contributed by atoms with Crippen LogP contribution in [0.15, 0.2) is 53.4 Å². The van der Waals surface area contributed by atoms with Gasteiger partial charge in [0.2, 0.25) is 10.0 Å². The third kappa shape index (κ3) is 3.73. The highest BCUT2D eigenvalue weighted by Crippen LogP contribution is 2.30. The Hall–Kier alpha value is -2.64. The number of fused-ring (bicyclic) bond motifs is 3. The van der Waals surface area contributed by atoms with Crippen molar-refractivity contribution in [1.82, 2.24) is 14.2 Å². The first kappa shape index (κ1) is 21.2. The highest BCUT2D eigenvalue weighted by molar-refractivity contribution is 7.89. The summed E-state index contributed by atoms with van der Waals surface area (Å²) in [6.07, 6.45) is 1.80. The molecule has 6 nitrogen and oxygen atoms in total. The minimum Gasteiger partial charge on any atom is -0.358 e. The molecule has 0 unspecified atom stereocenters. The lowest BCUT2D eigenvalue weighted by Gasteiger charge is -2.34. The van der Waals surface area contributed by atoms with Crippen LogP contribution in [-0.2, 0) is 23.0 Å². The van der Waals surface area contributed by atoms with Gasteiger partial charge in [-0.3, -0.25) is 4.79 Å². The molecule has 0 radical (unpaired) electrons. The van der Waals surface area contributed by atoms with Gasteiger partial charge in [-0.05, 0) is 42.5 Å². The zero-order chi connectivity index (χ0) is 22.5. The molecule has 2 aromatic carbocycles. The van der Waals surface area contributed by atoms with Crippen molar-refractivity contribution in [3.05, 3.63) is 65.4 Å². The Bertz CT molecular complexity index is 1270. The second kappa shape index (κ2) is 8.05. The molecule has 2 atom stereocenters. The maximum atomic E-state index is 13.3. The van der Waals surface area contributed by atoms with Crippen molar-refractivity contribution in [3.63, 3.8) is 0 Å². The predicted octanol–water partition coefficient (Wildman–Crippen LogP) is 4.03. The van der Waals surface area contributed by atoms with Crippen molar-refractivity contribution in [3.8, 4) is 0 Å². The summed E-state index contributed by atoms with van der Waals surface area (Å²) < 4.78 is 28.2. The highest BCUT2D eigenvalue weighted by atomic mass is 32.2. The van der Waals surface area contributed by atoms with Gasteiger partial charge in [0.1, 0.15) is 0 Å². The van der Waals surface area contributed by atoms with E-state index in [4.69, 9.17) is 0 Å². The van der Waals surface area contributed by atoms with Gasteiger partial charge in [0.25, 0.3) is 5.91 Å². The molecule has 3 heterocycles. The number of benzene rings is 2. The van der Waals surface area contributed by atoms with Gasteiger partial charge in [-0.15, -0.1) is 0 Å². The molecule has 0 saturated carbocycles. The zero-order valence-corrected chi connectivity index (χ0v) is 19.4. The van der Waals surface area contributed by atoms with E-state index >= 15 is 0 Å². The number of nitrogens with zero attached hydrogens (tertiary/aromatic N) is 2. The lowest BCUT2D eigenvalue weighted by Crippen LogP contribution is -2.42. The van der Waals surface area contributed by atoms with Gasteiger partial charge >= 0.3 is 0 Å². The van der Waals surface area contributed by atoms with Crippen LogP contribution < -0.4 is 0 Å². The van der Waals surface area contributed by atoms with Crippen molar-refractivity contribution >= 4 is 26.8 Å². The van der Waals surface area contributed by atoms with E-state index in [-0.39, 0.29) is 10.8 Å². The Morgan fingerprint density at radius 1 is 1.03 bits per heavy atom. The van der Waals surface area contributed by atoms with E-state index in [0.29, 0.717) is 43.6 Å². The van der Waals surface area contributed by atoms with Crippen LogP contribution in [-0.4, -0.2) is 48.1 Å². The second-order valence-electron chi connectivity index (χ2n) is 9.40. The smallest absolute Gasteiger partial charge is 0.254 e. The van der Waals surface area contributed by atoms with E-state index in [2.05, 4.69) is 31.0 Å². The monoisotopic (exact) mass is 451 g/mol. The second-order valence-corrected chi connectivity index (χ2v) is 11.3. The first-order chi connectivity index (χ1) is 15.3. The minimum atomic E-state index is -3.63. The quantitative estimate of drug-likeness (QED) is 0.653. The van der Waals surface area contributed by atoms with Crippen LogP contribution in [0.5, 0.6) is 0 Å². The van der Waals surface area contributed by atoms with Crippen LogP contribution in [0.3, 0.4) is 0 Å². The number of H-pyrrole nitrogens is 1. The van der Waals surface area contributed by atoms with Crippen LogP contribution in [0.4, 0.5) is 0 Å². The lowest BCUT2D eigenvalue weighted by atomic mass is 9.94. The topological polar surface area (TPSA) is 73.5 Å². The van der Waals surface area contributed by atoms with Gasteiger partial charge in [-0.25, -0.2) is 8.42 Å². The molecule has 0 bridgehead atoms. The fraction of sp³-hybridized carbons (Fsp3) is 0.400. The number of aromatic amines is 1. The normalized spacial score (nSPS) is 22.1. The van der Waals surface area contributed by atoms with E-state index in [9.17, 15) is 13.2 Å². The fourth-order valence-electron chi connectivity index (χ4n) is 5.26. The fourth-order valence-corrected chi connectivity index (χ4v) is 6.99. The summed E-state index contributed by atoms with van der Waals surface area (Å²) in [5.41, 5.74) is 3.84. The summed E-state index contributed by atoms with van der Waals surface area (Å²) in [5.74, 6) is 0.535. The molecule has 5 rings (SSSR count). The van der Waals surface area contributed by atoms with Crippen molar-refractivity contribution in [1.29, 1.82) is 0 Å². The number of sulfonamides is 1. The number of piperidine rings is 1. The number of rotatable bonds is 3. The van der Waals surface area contributed by atoms with Crippen LogP contribution >= 0.6 is 0 Å². The maximum absolute atomic E-state index is 13.3. The molecule has 1 amide bonds. The first-order valence-corrected chi connectivity index (χ1v) is 12.7. The Morgan fingerprint density at radius 2 is 1.78 bits per heavy atom. The molecule has 1 N–H and O–H groups in total. The van der Waals surface area contributed by atoms with E-state index < -0.39 is 10.0 Å². The average molecular weight is 452 g/mol. The Labute approximate surface area is 189 Å². The number of nitrogens with one attached hydrogen (secondary N) is 1. The Morgan fingerprint density at radius 3 is 2.56 bits per heavy atom. The molecule has 2 aliphatic heterocycles. The summed E-state index contributed by atoms with van der Waals surface area (Å²) in [7, 11) is -3.63. The summed E-state index contributed by atoms with van der Waals surface area (Å²) >= 11 is 0. The zero-order valence-electron chi connectivity index (χ0n) is 18.5. The molecule has 2 aliphatic rings. The van der Waals surface area contributed by atoms with Crippen molar-refractivity contribution in [2.45, 2.75) is 38.1 Å². The average Bonchev–Trinajstić information content (AvgIpc) is 3.16. The first-order valence-electron chi connectivity index (χ1n) is 11.3. The number of amides is 1. The standard InChI is InChI=1S/C25H29N3O3S/c1-17-12-18(2)15-28(14-17)32(30,31)20-7-5-6-19(13-20)25(29)27-11-10-24-22(16-27)21-8-3-4-9-23(21)26-24/h3-9,13,17-18,26H,10-12,14-16H2,1-2H3/t17-,18-/m0/s1. The summed E-state index contributed by atoms with van der Waals surface area (Å²) in [6, 6.07) is 14.7. The molecule has 1 fully saturated rings. The summed E-state index contributed by atoms with van der Waals surface area (Å²) in [4.78, 5) is 18.8. The molecule has 3 aromatic rings. The molecular weight excluding hydrogens is 422 g/mol. The molecule has 7 heteroatoms. The minimum absolute atomic E-state index is 0.127. The molecule has 168 valence electrons. The summed E-state index contributed by atoms with van der Waals surface area (Å²) in [6.45, 7) is 6.37. The maximum Gasteiger partial charge on any atom is 0.254 e. The number of aromatic nitrogens is 1. The highest BCUT2D eigenvalue weighted by Gasteiger charge is 2.32. The van der Waals surface area contributed by atoms with E-state index in [0.717, 1.165) is 29.3 Å². The van der Waals surface area contributed by atoms with Gasteiger partial charge < -0.3 is 9.88 Å². The lowest BCUT2D eigenvalue weighted by molar-refractivity contribution is 0.0735. The van der Waals surface area contributed by atoms with Crippen LogP contribution in [0.25, 0.3) is 10.9 Å². The Kier molecular flexibility index (Phi) is 5.34. The van der Waals surface area contributed by atoms with Gasteiger partial charge in [-0.1, -0.05) is 38.1 Å². The third-order valence-electron chi connectivity index (χ3n) is 6.72. The SMILES string of the molecule is C[C@H]1C[C@H](C)CN(S(=O)(=O)c2cccc(C(=O)N3CCc4[nH]c5ccccc5c4C3)c2)C1. The third-order valence-corrected chi connectivity index (χ3v) is 8.55. The van der Waals surface area contributed by atoms with Gasteiger partial charge in [0.15, 0.2) is 0 Å². The molecule has 32 heavy (non-hydrogen) atoms. The molecule has 1 saturated heterocycles. The van der Waals surface area contributed by atoms with E-state index in [1.54, 1.807) is 28.6 Å². The van der Waals surface area contributed by atoms with Crippen LogP contribution in [0.1, 0.15) is 41.9 Å². The molecular formula is C25H29N3O3S. The van der Waals surface area contributed by atoms with Crippen molar-refractivity contribution in [2.24, 2.45) is 11.8 Å². The Balaban J connectivity index is 1.40. The van der Waals surface area contributed by atoms with Crippen molar-refractivity contribution < 1.29 is 13.2 Å². The van der Waals surface area contributed by atoms with Crippen LogP contribution in [0.2, 0.25) is 0 Å². The molecule has 0 aliphatic carbocycles. The number of carbonyl (C=O) groups excluding carboxylic acids is 1. The van der Waals surface area contributed by atoms with Gasteiger partial charge in [0.05, 0.1) is 4.90 Å². The van der Waals surface area contributed by atoms with Gasteiger partial charge in [0, 0.05) is 60.3 Å². The number of hydrogen-bond donors (Lipinski definition) is 1. The van der Waals surface area contributed by atoms with E-state index in [1.807, 2.05) is 17.0 Å². The molecule has 0 spiro atoms. The molecule has 1 aromatic heterocycles. The predicted molar refractivity (Wildman–Crippen MR) is 125 cm³/mol. The number of carbonyl (C=O) groups is 1.